The summed E-state index contributed by atoms with van der Waals surface area (Å²) >= 11 is 3.66. The lowest BCUT2D eigenvalue weighted by Crippen LogP contribution is -2.36. The maximum atomic E-state index is 5.28. The topological polar surface area (TPSA) is 32.9 Å². The summed E-state index contributed by atoms with van der Waals surface area (Å²) in [5.74, 6) is 1.57. The van der Waals surface area contributed by atoms with Crippen molar-refractivity contribution in [3.8, 4) is 11.1 Å². The average molecular weight is 570 g/mol. The number of aliphatic imine (C=N–C) groups is 2. The third kappa shape index (κ3) is 4.16. The van der Waals surface area contributed by atoms with Crippen LogP contribution in [-0.4, -0.2) is 28.3 Å². The van der Waals surface area contributed by atoms with Crippen molar-refractivity contribution in [2.45, 2.75) is 6.17 Å². The SMILES string of the molecule is CN1C(c2ccccc2)=NC(n2c3ccccc3c3cc(Br)ccc32)=NC1c1ccc(-c2ccccc2)cc1. The number of fused-ring (bicyclic) bond motifs is 3. The molecule has 1 aliphatic heterocycles. The number of rotatable bonds is 3. The zero-order valence-electron chi connectivity index (χ0n) is 21.4. The number of hydrogen-bond donors (Lipinski definition) is 0. The molecule has 1 unspecified atom stereocenters. The molecule has 0 spiro atoms. The molecule has 0 amide bonds. The summed E-state index contributed by atoms with van der Waals surface area (Å²) < 4.78 is 3.24. The van der Waals surface area contributed by atoms with Gasteiger partial charge in [0.1, 0.15) is 5.84 Å². The highest BCUT2D eigenvalue weighted by atomic mass is 79.9. The number of aromatic nitrogens is 1. The predicted octanol–water partition coefficient (Wildman–Crippen LogP) is 8.52. The fraction of sp³-hybridized carbons (Fsp3) is 0.0588. The summed E-state index contributed by atoms with van der Waals surface area (Å²) in [6.45, 7) is 0. The minimum atomic E-state index is -0.232. The minimum Gasteiger partial charge on any atom is -0.333 e. The first-order valence-electron chi connectivity index (χ1n) is 13.0. The van der Waals surface area contributed by atoms with Gasteiger partial charge in [0.15, 0.2) is 6.17 Å². The molecule has 5 heteroatoms. The van der Waals surface area contributed by atoms with Gasteiger partial charge >= 0.3 is 0 Å². The number of benzene rings is 5. The van der Waals surface area contributed by atoms with Crippen molar-refractivity contribution in [2.75, 3.05) is 7.05 Å². The standard InChI is InChI=1S/C34H25BrN4/c1-38-32(25-12-6-3-7-13-25)36-34(37-33(38)26-18-16-24(17-19-26)23-10-4-2-5-11-23)39-30-15-9-8-14-28(30)29-22-27(35)20-21-31(29)39/h2-22,33H,1H3. The van der Waals surface area contributed by atoms with E-state index in [9.17, 15) is 0 Å². The van der Waals surface area contributed by atoms with Gasteiger partial charge in [0.25, 0.3) is 0 Å². The van der Waals surface area contributed by atoms with Crippen molar-refractivity contribution in [1.29, 1.82) is 0 Å². The quantitative estimate of drug-likeness (QED) is 0.210. The van der Waals surface area contributed by atoms with Gasteiger partial charge < -0.3 is 4.90 Å². The Hall–Kier alpha value is -4.48. The number of para-hydroxylation sites is 1. The normalized spacial score (nSPS) is 15.4. The van der Waals surface area contributed by atoms with Gasteiger partial charge in [0, 0.05) is 27.9 Å². The van der Waals surface area contributed by atoms with E-state index in [1.54, 1.807) is 0 Å². The van der Waals surface area contributed by atoms with Crippen molar-refractivity contribution in [1.82, 2.24) is 9.47 Å². The summed E-state index contributed by atoms with van der Waals surface area (Å²) in [7, 11) is 2.07. The Labute approximate surface area is 235 Å². The monoisotopic (exact) mass is 568 g/mol. The van der Waals surface area contributed by atoms with Crippen LogP contribution >= 0.6 is 15.9 Å². The summed E-state index contributed by atoms with van der Waals surface area (Å²) in [4.78, 5) is 12.6. The van der Waals surface area contributed by atoms with E-state index < -0.39 is 0 Å². The second kappa shape index (κ2) is 9.68. The lowest BCUT2D eigenvalue weighted by atomic mass is 10.0. The van der Waals surface area contributed by atoms with E-state index in [1.165, 1.54) is 21.9 Å². The van der Waals surface area contributed by atoms with Crippen LogP contribution in [0.3, 0.4) is 0 Å². The zero-order valence-corrected chi connectivity index (χ0v) is 23.0. The van der Waals surface area contributed by atoms with Gasteiger partial charge in [-0.05, 0) is 41.0 Å². The molecule has 0 fully saturated rings. The van der Waals surface area contributed by atoms with Crippen LogP contribution in [-0.2, 0) is 0 Å². The van der Waals surface area contributed by atoms with Crippen LogP contribution in [0, 0.1) is 0 Å². The van der Waals surface area contributed by atoms with E-state index in [4.69, 9.17) is 9.98 Å². The molecule has 1 atom stereocenters. The van der Waals surface area contributed by atoms with Crippen LogP contribution in [0.5, 0.6) is 0 Å². The molecule has 39 heavy (non-hydrogen) atoms. The molecule has 0 saturated heterocycles. The predicted molar refractivity (Wildman–Crippen MR) is 165 cm³/mol. The van der Waals surface area contributed by atoms with Gasteiger partial charge in [0.2, 0.25) is 5.96 Å². The molecule has 6 aromatic rings. The Bertz CT molecular complexity index is 1870. The second-order valence-electron chi connectivity index (χ2n) is 9.72. The number of hydrogen-bond acceptors (Lipinski definition) is 3. The molecule has 0 N–H and O–H groups in total. The fourth-order valence-electron chi connectivity index (χ4n) is 5.41. The van der Waals surface area contributed by atoms with Gasteiger partial charge in [-0.1, -0.05) is 119 Å². The van der Waals surface area contributed by atoms with Crippen molar-refractivity contribution < 1.29 is 0 Å². The summed E-state index contributed by atoms with van der Waals surface area (Å²) in [5, 5.41) is 2.34. The highest BCUT2D eigenvalue weighted by molar-refractivity contribution is 9.10. The van der Waals surface area contributed by atoms with Crippen LogP contribution in [0.4, 0.5) is 0 Å². The molecule has 5 aromatic carbocycles. The smallest absolute Gasteiger partial charge is 0.234 e. The molecule has 2 heterocycles. The lowest BCUT2D eigenvalue weighted by molar-refractivity contribution is 0.381. The van der Waals surface area contributed by atoms with Crippen molar-refractivity contribution in [2.24, 2.45) is 9.98 Å². The van der Waals surface area contributed by atoms with Crippen LogP contribution in [0.1, 0.15) is 17.3 Å². The molecule has 0 bridgehead atoms. The first kappa shape index (κ1) is 23.6. The minimum absolute atomic E-state index is 0.232. The maximum Gasteiger partial charge on any atom is 0.234 e. The molecule has 1 aromatic heterocycles. The average Bonchev–Trinajstić information content (AvgIpc) is 3.32. The summed E-state index contributed by atoms with van der Waals surface area (Å²) in [5.41, 5.74) is 6.73. The Morgan fingerprint density at radius 2 is 1.23 bits per heavy atom. The lowest BCUT2D eigenvalue weighted by Gasteiger charge is -2.32. The molecular weight excluding hydrogens is 544 g/mol. The van der Waals surface area contributed by atoms with Crippen molar-refractivity contribution >= 4 is 49.5 Å². The molecular formula is C34H25BrN4. The molecule has 188 valence electrons. The van der Waals surface area contributed by atoms with E-state index in [2.05, 4.69) is 148 Å². The maximum absolute atomic E-state index is 5.28. The van der Waals surface area contributed by atoms with Gasteiger partial charge in [-0.3, -0.25) is 4.57 Å². The second-order valence-corrected chi connectivity index (χ2v) is 10.6. The summed E-state index contributed by atoms with van der Waals surface area (Å²) in [6.07, 6.45) is -0.232. The molecule has 7 rings (SSSR count). The van der Waals surface area contributed by atoms with Crippen LogP contribution < -0.4 is 0 Å². The van der Waals surface area contributed by atoms with E-state index in [0.29, 0.717) is 5.96 Å². The first-order valence-corrected chi connectivity index (χ1v) is 13.8. The van der Waals surface area contributed by atoms with Gasteiger partial charge in [0.05, 0.1) is 11.0 Å². The van der Waals surface area contributed by atoms with E-state index in [0.717, 1.165) is 32.5 Å². The van der Waals surface area contributed by atoms with Crippen LogP contribution in [0.2, 0.25) is 0 Å². The highest BCUT2D eigenvalue weighted by Gasteiger charge is 2.28. The Morgan fingerprint density at radius 3 is 1.97 bits per heavy atom. The first-order chi connectivity index (χ1) is 19.2. The fourth-order valence-corrected chi connectivity index (χ4v) is 5.78. The Balaban J connectivity index is 1.42. The van der Waals surface area contributed by atoms with Gasteiger partial charge in [-0.15, -0.1) is 0 Å². The molecule has 4 nitrogen and oxygen atoms in total. The largest absolute Gasteiger partial charge is 0.333 e. The van der Waals surface area contributed by atoms with Crippen LogP contribution in [0.25, 0.3) is 32.9 Å². The summed E-state index contributed by atoms with van der Waals surface area (Å²) in [6, 6.07) is 44.4. The Morgan fingerprint density at radius 1 is 0.615 bits per heavy atom. The molecule has 0 saturated carbocycles. The number of halogens is 1. The van der Waals surface area contributed by atoms with Crippen molar-refractivity contribution in [3.63, 3.8) is 0 Å². The molecule has 1 aliphatic rings. The molecule has 0 aliphatic carbocycles. The number of amidine groups is 1. The van der Waals surface area contributed by atoms with E-state index >= 15 is 0 Å². The molecule has 0 radical (unpaired) electrons. The van der Waals surface area contributed by atoms with Crippen LogP contribution in [0.15, 0.2) is 142 Å². The Kier molecular flexibility index (Phi) is 5.86. The highest BCUT2D eigenvalue weighted by Crippen LogP contribution is 2.34. The van der Waals surface area contributed by atoms with Crippen molar-refractivity contribution in [3.05, 3.63) is 143 Å². The van der Waals surface area contributed by atoms with Gasteiger partial charge in [-0.2, -0.15) is 4.99 Å². The van der Waals surface area contributed by atoms with E-state index in [1.807, 2.05) is 12.1 Å². The van der Waals surface area contributed by atoms with E-state index in [-0.39, 0.29) is 6.17 Å². The van der Waals surface area contributed by atoms with Gasteiger partial charge in [-0.25, -0.2) is 4.99 Å². The zero-order chi connectivity index (χ0) is 26.3. The third-order valence-corrected chi connectivity index (χ3v) is 7.82. The number of nitrogens with zero attached hydrogens (tertiary/aromatic N) is 4. The third-order valence-electron chi connectivity index (χ3n) is 7.33.